The van der Waals surface area contributed by atoms with Gasteiger partial charge in [0.25, 0.3) is 0 Å². The molecule has 2 rings (SSSR count). The summed E-state index contributed by atoms with van der Waals surface area (Å²) in [6, 6.07) is 5.99. The van der Waals surface area contributed by atoms with Crippen molar-refractivity contribution in [3.63, 3.8) is 0 Å². The Bertz CT molecular complexity index is 619. The van der Waals surface area contributed by atoms with Crippen molar-refractivity contribution in [1.29, 1.82) is 0 Å². The summed E-state index contributed by atoms with van der Waals surface area (Å²) in [5.74, 6) is -1.47. The van der Waals surface area contributed by atoms with Crippen molar-refractivity contribution >= 4 is 17.6 Å². The predicted octanol–water partition coefficient (Wildman–Crippen LogP) is 1.05. The fourth-order valence-electron chi connectivity index (χ4n) is 1.82. The summed E-state index contributed by atoms with van der Waals surface area (Å²) in [6.07, 6.45) is 6.19. The van der Waals surface area contributed by atoms with Crippen LogP contribution in [-0.4, -0.2) is 33.0 Å². The lowest BCUT2D eigenvalue weighted by Crippen LogP contribution is -2.39. The molecule has 2 aromatic heterocycles. The van der Waals surface area contributed by atoms with Crippen molar-refractivity contribution in [1.82, 2.24) is 15.3 Å². The molecule has 7 nitrogen and oxygen atoms in total. The summed E-state index contributed by atoms with van der Waals surface area (Å²) in [7, 11) is 0. The largest absolute Gasteiger partial charge is 0.480 e. The van der Waals surface area contributed by atoms with E-state index in [0.717, 1.165) is 5.56 Å². The maximum atomic E-state index is 11.9. The lowest BCUT2D eigenvalue weighted by Gasteiger charge is -2.14. The minimum Gasteiger partial charge on any atom is -0.480 e. The fourth-order valence-corrected chi connectivity index (χ4v) is 1.82. The Morgan fingerprint density at radius 1 is 1.14 bits per heavy atom. The molecule has 0 aliphatic rings. The van der Waals surface area contributed by atoms with E-state index < -0.39 is 12.0 Å². The summed E-state index contributed by atoms with van der Waals surface area (Å²) < 4.78 is 0. The van der Waals surface area contributed by atoms with Crippen LogP contribution in [0.1, 0.15) is 12.0 Å². The second kappa shape index (κ2) is 7.84. The van der Waals surface area contributed by atoms with Crippen molar-refractivity contribution in [2.75, 3.05) is 5.32 Å². The van der Waals surface area contributed by atoms with Gasteiger partial charge < -0.3 is 10.4 Å². The lowest BCUT2D eigenvalue weighted by molar-refractivity contribution is -0.141. The minimum atomic E-state index is -1.08. The van der Waals surface area contributed by atoms with E-state index in [1.54, 1.807) is 36.8 Å². The van der Waals surface area contributed by atoms with Gasteiger partial charge in [-0.2, -0.15) is 0 Å². The third-order valence-corrected chi connectivity index (χ3v) is 2.91. The molecule has 0 bridgehead atoms. The molecule has 0 saturated carbocycles. The van der Waals surface area contributed by atoms with Gasteiger partial charge in [0.2, 0.25) is 5.91 Å². The van der Waals surface area contributed by atoms with Crippen LogP contribution in [0.4, 0.5) is 5.69 Å². The van der Waals surface area contributed by atoms with Crippen molar-refractivity contribution in [3.05, 3.63) is 54.6 Å². The van der Waals surface area contributed by atoms with E-state index in [2.05, 4.69) is 20.6 Å². The van der Waals surface area contributed by atoms with Crippen molar-refractivity contribution < 1.29 is 14.7 Å². The first kappa shape index (κ1) is 15.6. The van der Waals surface area contributed by atoms with Gasteiger partial charge >= 0.3 is 5.97 Å². The highest BCUT2D eigenvalue weighted by Gasteiger charge is 2.20. The molecule has 7 heteroatoms. The third-order valence-electron chi connectivity index (χ3n) is 2.91. The quantitative estimate of drug-likeness (QED) is 0.706. The van der Waals surface area contributed by atoms with Crippen LogP contribution in [0.5, 0.6) is 0 Å². The zero-order valence-electron chi connectivity index (χ0n) is 11.8. The zero-order chi connectivity index (χ0) is 15.8. The monoisotopic (exact) mass is 300 g/mol. The first-order chi connectivity index (χ1) is 10.6. The molecule has 0 aliphatic carbocycles. The molecule has 0 saturated heterocycles. The fraction of sp³-hybridized carbons (Fsp3) is 0.200. The highest BCUT2D eigenvalue weighted by atomic mass is 16.4. The van der Waals surface area contributed by atoms with Crippen molar-refractivity contribution in [2.24, 2.45) is 0 Å². The summed E-state index contributed by atoms with van der Waals surface area (Å²) in [5.41, 5.74) is 1.38. The van der Waals surface area contributed by atoms with Gasteiger partial charge in [-0.25, -0.2) is 0 Å². The Balaban J connectivity index is 1.88. The van der Waals surface area contributed by atoms with Crippen LogP contribution in [0.15, 0.2) is 49.1 Å². The zero-order valence-corrected chi connectivity index (χ0v) is 11.8. The number of carbonyl (C=O) groups excluding carboxylic acids is 1. The van der Waals surface area contributed by atoms with E-state index in [9.17, 15) is 14.7 Å². The SMILES string of the molecule is O=C(CC(NCc1cccnc1)C(=O)O)Nc1cccnc1. The second-order valence-corrected chi connectivity index (χ2v) is 4.63. The van der Waals surface area contributed by atoms with Gasteiger partial charge in [0.05, 0.1) is 18.3 Å². The molecule has 114 valence electrons. The Morgan fingerprint density at radius 3 is 2.45 bits per heavy atom. The minimum absolute atomic E-state index is 0.176. The number of anilines is 1. The number of amides is 1. The molecule has 0 fully saturated rings. The molecule has 1 atom stereocenters. The van der Waals surface area contributed by atoms with Crippen LogP contribution >= 0.6 is 0 Å². The van der Waals surface area contributed by atoms with Gasteiger partial charge in [0.15, 0.2) is 0 Å². The number of nitrogens with one attached hydrogen (secondary N) is 2. The molecule has 0 aliphatic heterocycles. The number of pyridine rings is 2. The Morgan fingerprint density at radius 2 is 1.86 bits per heavy atom. The van der Waals surface area contributed by atoms with E-state index in [1.807, 2.05) is 6.07 Å². The van der Waals surface area contributed by atoms with Crippen LogP contribution in [0.25, 0.3) is 0 Å². The lowest BCUT2D eigenvalue weighted by atomic mass is 10.1. The number of nitrogens with zero attached hydrogens (tertiary/aromatic N) is 2. The molecule has 2 aromatic rings. The van der Waals surface area contributed by atoms with Crippen LogP contribution in [0.2, 0.25) is 0 Å². The number of rotatable bonds is 7. The van der Waals surface area contributed by atoms with Gasteiger partial charge in [0, 0.05) is 25.1 Å². The summed E-state index contributed by atoms with van der Waals surface area (Å²) in [6.45, 7) is 0.324. The molecule has 3 N–H and O–H groups in total. The second-order valence-electron chi connectivity index (χ2n) is 4.63. The maximum Gasteiger partial charge on any atom is 0.321 e. The molecule has 0 spiro atoms. The molecule has 1 amide bonds. The Kier molecular flexibility index (Phi) is 5.56. The van der Waals surface area contributed by atoms with Gasteiger partial charge in [-0.15, -0.1) is 0 Å². The number of aliphatic carboxylic acids is 1. The van der Waals surface area contributed by atoms with Crippen LogP contribution in [-0.2, 0) is 16.1 Å². The highest BCUT2D eigenvalue weighted by molar-refractivity contribution is 5.93. The van der Waals surface area contributed by atoms with Crippen molar-refractivity contribution in [3.8, 4) is 0 Å². The maximum absolute atomic E-state index is 11.9. The number of hydrogen-bond acceptors (Lipinski definition) is 5. The molecule has 0 radical (unpaired) electrons. The van der Waals surface area contributed by atoms with Gasteiger partial charge in [0.1, 0.15) is 6.04 Å². The molecule has 1 unspecified atom stereocenters. The van der Waals surface area contributed by atoms with Crippen LogP contribution < -0.4 is 10.6 Å². The molecule has 0 aromatic carbocycles. The van der Waals surface area contributed by atoms with Gasteiger partial charge in [-0.3, -0.25) is 24.9 Å². The van der Waals surface area contributed by atoms with Crippen LogP contribution in [0.3, 0.4) is 0 Å². The first-order valence-corrected chi connectivity index (χ1v) is 6.70. The van der Waals surface area contributed by atoms with E-state index in [4.69, 9.17) is 0 Å². The normalized spacial score (nSPS) is 11.6. The smallest absolute Gasteiger partial charge is 0.321 e. The number of hydrogen-bond donors (Lipinski definition) is 3. The van der Waals surface area contributed by atoms with Crippen molar-refractivity contribution in [2.45, 2.75) is 19.0 Å². The molecular formula is C15H16N4O3. The highest BCUT2D eigenvalue weighted by Crippen LogP contribution is 2.05. The topological polar surface area (TPSA) is 104 Å². The standard InChI is InChI=1S/C15H16N4O3/c20-14(19-12-4-2-6-17-10-12)7-13(15(21)22)18-9-11-3-1-5-16-8-11/h1-6,8,10,13,18H,7,9H2,(H,19,20)(H,21,22). The predicted molar refractivity (Wildman–Crippen MR) is 80.0 cm³/mol. The van der Waals surface area contributed by atoms with Gasteiger partial charge in [-0.05, 0) is 23.8 Å². The first-order valence-electron chi connectivity index (χ1n) is 6.70. The molecule has 22 heavy (non-hydrogen) atoms. The van der Waals surface area contributed by atoms with E-state index >= 15 is 0 Å². The average molecular weight is 300 g/mol. The Hall–Kier alpha value is -2.80. The summed E-state index contributed by atoms with van der Waals surface area (Å²) >= 11 is 0. The third kappa shape index (κ3) is 4.95. The van der Waals surface area contributed by atoms with E-state index in [1.165, 1.54) is 6.20 Å². The molecular weight excluding hydrogens is 284 g/mol. The average Bonchev–Trinajstić information content (AvgIpc) is 2.53. The van der Waals surface area contributed by atoms with E-state index in [-0.39, 0.29) is 12.3 Å². The van der Waals surface area contributed by atoms with Crippen LogP contribution in [0, 0.1) is 0 Å². The number of aromatic nitrogens is 2. The number of carboxylic acids is 1. The summed E-state index contributed by atoms with van der Waals surface area (Å²) in [5, 5.41) is 14.6. The number of carboxylic acid groups (broad SMARTS) is 1. The summed E-state index contributed by atoms with van der Waals surface area (Å²) in [4.78, 5) is 30.9. The number of carbonyl (C=O) groups is 2. The Labute approximate surface area is 127 Å². The van der Waals surface area contributed by atoms with Gasteiger partial charge in [-0.1, -0.05) is 6.07 Å². The molecule has 2 heterocycles. The van der Waals surface area contributed by atoms with E-state index in [0.29, 0.717) is 12.2 Å².